The van der Waals surface area contributed by atoms with Crippen LogP contribution in [0.2, 0.25) is 0 Å². The van der Waals surface area contributed by atoms with Crippen molar-refractivity contribution >= 4 is 11.8 Å². The summed E-state index contributed by atoms with van der Waals surface area (Å²) < 4.78 is 6.23. The van der Waals surface area contributed by atoms with Gasteiger partial charge >= 0.3 is 11.7 Å². The number of carbonyl (C=O) groups is 2. The van der Waals surface area contributed by atoms with E-state index >= 15 is 0 Å². The lowest BCUT2D eigenvalue weighted by Gasteiger charge is -2.33. The van der Waals surface area contributed by atoms with Crippen LogP contribution in [0.3, 0.4) is 0 Å². The third kappa shape index (κ3) is 5.57. The van der Waals surface area contributed by atoms with E-state index in [9.17, 15) is 19.2 Å². The number of Topliss-reactive ketones (excluding diaryl/α,β-unsaturated/α-hetero) is 1. The topological polar surface area (TPSA) is 122 Å². The summed E-state index contributed by atoms with van der Waals surface area (Å²) in [5.74, 6) is -0.823. The maximum atomic E-state index is 14.0. The molecule has 0 amide bonds. The number of ketones is 1. The number of nitrogens with zero attached hydrogens (tertiary/aromatic N) is 2. The monoisotopic (exact) mass is 469 g/mol. The molecule has 0 saturated heterocycles. The Bertz CT molecular complexity index is 1100. The van der Waals surface area contributed by atoms with E-state index in [0.29, 0.717) is 31.2 Å². The molecule has 1 unspecified atom stereocenters. The molecule has 34 heavy (non-hydrogen) atoms. The van der Waals surface area contributed by atoms with Crippen LogP contribution < -0.4 is 11.2 Å². The van der Waals surface area contributed by atoms with Gasteiger partial charge in [0, 0.05) is 24.4 Å². The highest BCUT2D eigenvalue weighted by molar-refractivity contribution is 5.97. The standard InChI is InChI=1S/C26H35N3O5/c1-5-17-11-18(7-6-10-27)13-19(12-17)23(31)22-21(16(2)3)24(32)28-25(33)29(22)15-26(8-9-26)14-20(30)34-4/h5,16-19H,1,6-9,11-15H2,2-4H3,(H,28,32,33)/t17-,18+,19?/m0/s1. The van der Waals surface area contributed by atoms with Gasteiger partial charge in [0.1, 0.15) is 0 Å². The fourth-order valence-electron chi connectivity index (χ4n) is 5.41. The smallest absolute Gasteiger partial charge is 0.328 e. The van der Waals surface area contributed by atoms with Gasteiger partial charge in [-0.1, -0.05) is 19.9 Å². The van der Waals surface area contributed by atoms with Crippen molar-refractivity contribution in [3.63, 3.8) is 0 Å². The molecule has 0 aromatic carbocycles. The lowest BCUT2D eigenvalue weighted by atomic mass is 9.71. The highest BCUT2D eigenvalue weighted by atomic mass is 16.5. The highest BCUT2D eigenvalue weighted by Crippen LogP contribution is 2.50. The Morgan fingerprint density at radius 1 is 1.29 bits per heavy atom. The first-order chi connectivity index (χ1) is 16.1. The minimum absolute atomic E-state index is 0.144. The molecule has 3 rings (SSSR count). The number of nitrogens with one attached hydrogen (secondary N) is 1. The molecule has 2 aliphatic carbocycles. The first-order valence-corrected chi connectivity index (χ1v) is 12.1. The van der Waals surface area contributed by atoms with Crippen LogP contribution in [0.15, 0.2) is 22.2 Å². The van der Waals surface area contributed by atoms with Crippen LogP contribution in [0.4, 0.5) is 0 Å². The van der Waals surface area contributed by atoms with Crippen molar-refractivity contribution in [2.45, 2.75) is 77.7 Å². The summed E-state index contributed by atoms with van der Waals surface area (Å²) in [6.07, 6.45) is 6.78. The van der Waals surface area contributed by atoms with E-state index < -0.39 is 16.7 Å². The van der Waals surface area contributed by atoms with Gasteiger partial charge in [-0.3, -0.25) is 23.9 Å². The Hall–Kier alpha value is -2.95. The molecular formula is C26H35N3O5. The Morgan fingerprint density at radius 3 is 2.56 bits per heavy atom. The third-order valence-corrected chi connectivity index (χ3v) is 7.45. The molecule has 2 fully saturated rings. The number of hydrogen-bond acceptors (Lipinski definition) is 6. The molecule has 184 valence electrons. The maximum Gasteiger partial charge on any atom is 0.328 e. The summed E-state index contributed by atoms with van der Waals surface area (Å²) in [6, 6.07) is 2.19. The number of ether oxygens (including phenoxy) is 1. The molecule has 8 nitrogen and oxygen atoms in total. The number of hydrogen-bond donors (Lipinski definition) is 1. The fraction of sp³-hybridized carbons (Fsp3) is 0.654. The van der Waals surface area contributed by atoms with Gasteiger partial charge in [0.05, 0.1) is 25.3 Å². The molecule has 0 aliphatic heterocycles. The number of methoxy groups -OCH3 is 1. The number of aromatic nitrogens is 2. The normalized spacial score (nSPS) is 23.2. The summed E-state index contributed by atoms with van der Waals surface area (Å²) in [4.78, 5) is 54.2. The quantitative estimate of drug-likeness (QED) is 0.317. The largest absolute Gasteiger partial charge is 0.469 e. The Labute approximate surface area is 200 Å². The van der Waals surface area contributed by atoms with Gasteiger partial charge in [0.15, 0.2) is 5.78 Å². The fourth-order valence-corrected chi connectivity index (χ4v) is 5.41. The Morgan fingerprint density at radius 2 is 2.00 bits per heavy atom. The lowest BCUT2D eigenvalue weighted by Crippen LogP contribution is -2.41. The second kappa shape index (κ2) is 10.5. The van der Waals surface area contributed by atoms with E-state index in [2.05, 4.69) is 17.6 Å². The SMILES string of the molecule is C=C[C@@H]1CC(C(=O)c2c(C(C)C)c(=O)[nH]c(=O)n2CC2(CC(=O)OC)CC2)C[C@H](CCC#N)C1. The van der Waals surface area contributed by atoms with Crippen LogP contribution in [0.1, 0.15) is 87.2 Å². The number of aromatic amines is 1. The molecule has 3 atom stereocenters. The van der Waals surface area contributed by atoms with E-state index in [1.54, 1.807) is 0 Å². The molecule has 8 heteroatoms. The van der Waals surface area contributed by atoms with Crippen molar-refractivity contribution in [3.05, 3.63) is 44.8 Å². The summed E-state index contributed by atoms with van der Waals surface area (Å²) >= 11 is 0. The zero-order valence-corrected chi connectivity index (χ0v) is 20.4. The van der Waals surface area contributed by atoms with Gasteiger partial charge in [-0.15, -0.1) is 6.58 Å². The van der Waals surface area contributed by atoms with Crippen LogP contribution in [0.5, 0.6) is 0 Å². The first kappa shape index (κ1) is 25.7. The van der Waals surface area contributed by atoms with E-state index in [0.717, 1.165) is 19.3 Å². The zero-order valence-electron chi connectivity index (χ0n) is 20.4. The van der Waals surface area contributed by atoms with Gasteiger partial charge in [0.2, 0.25) is 0 Å². The molecule has 0 bridgehead atoms. The third-order valence-electron chi connectivity index (χ3n) is 7.45. The molecule has 0 spiro atoms. The van der Waals surface area contributed by atoms with Crippen LogP contribution in [-0.4, -0.2) is 28.4 Å². The van der Waals surface area contributed by atoms with Gasteiger partial charge in [-0.2, -0.15) is 5.26 Å². The molecule has 1 N–H and O–H groups in total. The molecular weight excluding hydrogens is 434 g/mol. The van der Waals surface area contributed by atoms with E-state index in [1.165, 1.54) is 11.7 Å². The van der Waals surface area contributed by atoms with E-state index in [-0.39, 0.29) is 54.1 Å². The molecule has 0 radical (unpaired) electrons. The summed E-state index contributed by atoms with van der Waals surface area (Å²) in [5, 5.41) is 9.02. The van der Waals surface area contributed by atoms with Gasteiger partial charge < -0.3 is 4.74 Å². The predicted octanol–water partition coefficient (Wildman–Crippen LogP) is 3.71. The summed E-state index contributed by atoms with van der Waals surface area (Å²) in [7, 11) is 1.33. The van der Waals surface area contributed by atoms with Crippen molar-refractivity contribution in [2.24, 2.45) is 23.2 Å². The van der Waals surface area contributed by atoms with Gasteiger partial charge in [-0.05, 0) is 61.7 Å². The van der Waals surface area contributed by atoms with Crippen molar-refractivity contribution in [3.8, 4) is 6.07 Å². The highest BCUT2D eigenvalue weighted by Gasteiger charge is 2.46. The predicted molar refractivity (Wildman–Crippen MR) is 127 cm³/mol. The summed E-state index contributed by atoms with van der Waals surface area (Å²) in [5.41, 5.74) is -1.11. The number of H-pyrrole nitrogens is 1. The van der Waals surface area contributed by atoms with Crippen molar-refractivity contribution in [1.82, 2.24) is 9.55 Å². The summed E-state index contributed by atoms with van der Waals surface area (Å²) in [6.45, 7) is 7.78. The van der Waals surface area contributed by atoms with Crippen molar-refractivity contribution in [2.75, 3.05) is 7.11 Å². The van der Waals surface area contributed by atoms with E-state index in [4.69, 9.17) is 10.00 Å². The lowest BCUT2D eigenvalue weighted by molar-refractivity contribution is -0.142. The number of allylic oxidation sites excluding steroid dienone is 1. The second-order valence-electron chi connectivity index (χ2n) is 10.3. The molecule has 1 aromatic heterocycles. The number of nitriles is 1. The van der Waals surface area contributed by atoms with Crippen LogP contribution in [0, 0.1) is 34.5 Å². The molecule has 1 heterocycles. The van der Waals surface area contributed by atoms with Gasteiger partial charge in [-0.25, -0.2) is 4.79 Å². The average Bonchev–Trinajstić information content (AvgIpc) is 3.56. The minimum atomic E-state index is -0.619. The number of carbonyl (C=O) groups excluding carboxylic acids is 2. The Balaban J connectivity index is 2.05. The average molecular weight is 470 g/mol. The number of rotatable bonds is 10. The second-order valence-corrected chi connectivity index (χ2v) is 10.3. The maximum absolute atomic E-state index is 14.0. The Kier molecular flexibility index (Phi) is 7.96. The van der Waals surface area contributed by atoms with Crippen LogP contribution in [0.25, 0.3) is 0 Å². The minimum Gasteiger partial charge on any atom is -0.469 e. The molecule has 1 aromatic rings. The molecule has 2 aliphatic rings. The van der Waals surface area contributed by atoms with Gasteiger partial charge in [0.25, 0.3) is 5.56 Å². The van der Waals surface area contributed by atoms with Crippen LogP contribution in [-0.2, 0) is 16.1 Å². The van der Waals surface area contributed by atoms with E-state index in [1.807, 2.05) is 19.9 Å². The number of esters is 1. The molecule has 2 saturated carbocycles. The van der Waals surface area contributed by atoms with Crippen molar-refractivity contribution < 1.29 is 14.3 Å². The van der Waals surface area contributed by atoms with Crippen molar-refractivity contribution in [1.29, 1.82) is 5.26 Å². The first-order valence-electron chi connectivity index (χ1n) is 12.1. The zero-order chi connectivity index (χ0) is 25.0. The van der Waals surface area contributed by atoms with Crippen LogP contribution >= 0.6 is 0 Å².